The Kier molecular flexibility index (Phi) is 4.65. The first-order chi connectivity index (χ1) is 13.2. The number of hydrogen-bond donors (Lipinski definition) is 2. The summed E-state index contributed by atoms with van der Waals surface area (Å²) in [5.41, 5.74) is 3.17. The van der Waals surface area contributed by atoms with Crippen molar-refractivity contribution in [1.29, 1.82) is 0 Å². The van der Waals surface area contributed by atoms with Crippen LogP contribution in [0.3, 0.4) is 0 Å². The zero-order valence-corrected chi connectivity index (χ0v) is 15.3. The molecular weight excluding hydrogens is 342 g/mol. The molecule has 0 aliphatic carbocycles. The van der Waals surface area contributed by atoms with Crippen LogP contribution in [0.25, 0.3) is 0 Å². The van der Waals surface area contributed by atoms with E-state index in [4.69, 9.17) is 9.47 Å². The van der Waals surface area contributed by atoms with E-state index >= 15 is 0 Å². The van der Waals surface area contributed by atoms with Crippen LogP contribution in [0.5, 0.6) is 11.5 Å². The molecule has 2 aromatic carbocycles. The Morgan fingerprint density at radius 2 is 1.81 bits per heavy atom. The van der Waals surface area contributed by atoms with Crippen molar-refractivity contribution in [3.8, 4) is 11.5 Å². The van der Waals surface area contributed by atoms with Gasteiger partial charge >= 0.3 is 0 Å². The number of fused-ring (bicyclic) bond motifs is 1. The van der Waals surface area contributed by atoms with Crippen LogP contribution >= 0.6 is 0 Å². The van der Waals surface area contributed by atoms with E-state index in [1.54, 1.807) is 6.20 Å². The fourth-order valence-corrected chi connectivity index (χ4v) is 2.73. The van der Waals surface area contributed by atoms with Crippen LogP contribution in [-0.4, -0.2) is 30.9 Å². The van der Waals surface area contributed by atoms with Gasteiger partial charge in [0.25, 0.3) is 0 Å². The Morgan fingerprint density at radius 1 is 1.00 bits per heavy atom. The van der Waals surface area contributed by atoms with Crippen molar-refractivity contribution in [3.63, 3.8) is 0 Å². The highest BCUT2D eigenvalue weighted by atomic mass is 16.7. The molecule has 0 amide bonds. The van der Waals surface area contributed by atoms with Gasteiger partial charge in [0.05, 0.1) is 0 Å². The molecule has 0 radical (unpaired) electrons. The molecule has 0 atom stereocenters. The van der Waals surface area contributed by atoms with Gasteiger partial charge < -0.3 is 25.0 Å². The molecule has 7 heteroatoms. The van der Waals surface area contributed by atoms with Crippen LogP contribution in [0.4, 0.5) is 23.1 Å². The summed E-state index contributed by atoms with van der Waals surface area (Å²) in [5, 5.41) is 6.53. The first kappa shape index (κ1) is 17.0. The van der Waals surface area contributed by atoms with Crippen LogP contribution in [-0.2, 0) is 6.54 Å². The zero-order chi connectivity index (χ0) is 18.6. The van der Waals surface area contributed by atoms with Crippen LogP contribution in [0.2, 0.25) is 0 Å². The molecule has 0 saturated carbocycles. The lowest BCUT2D eigenvalue weighted by molar-refractivity contribution is 0.174. The standard InChI is InChI=1S/C20H21N5O2/c1-25(2)16-6-4-15(5-7-16)23-20-21-10-9-19(24-20)22-12-14-3-8-17-18(11-14)27-13-26-17/h3-11H,12-13H2,1-2H3,(H2,21,22,23,24). The molecule has 0 fully saturated rings. The molecule has 7 nitrogen and oxygen atoms in total. The van der Waals surface area contributed by atoms with Crippen LogP contribution < -0.4 is 25.0 Å². The Labute approximate surface area is 158 Å². The predicted octanol–water partition coefficient (Wildman–Crippen LogP) is 3.63. The van der Waals surface area contributed by atoms with Gasteiger partial charge in [-0.05, 0) is 48.0 Å². The summed E-state index contributed by atoms with van der Waals surface area (Å²) >= 11 is 0. The number of benzene rings is 2. The Hall–Kier alpha value is -3.48. The third kappa shape index (κ3) is 4.03. The van der Waals surface area contributed by atoms with Gasteiger partial charge in [-0.25, -0.2) is 4.98 Å². The second kappa shape index (κ2) is 7.41. The molecule has 138 valence electrons. The molecule has 0 bridgehead atoms. The van der Waals surface area contributed by atoms with Gasteiger partial charge in [0.1, 0.15) is 5.82 Å². The first-order valence-corrected chi connectivity index (χ1v) is 8.67. The van der Waals surface area contributed by atoms with Gasteiger partial charge in [0.2, 0.25) is 12.7 Å². The Bertz CT molecular complexity index is 928. The van der Waals surface area contributed by atoms with Crippen LogP contribution in [0, 0.1) is 0 Å². The minimum atomic E-state index is 0.280. The largest absolute Gasteiger partial charge is 0.454 e. The maximum absolute atomic E-state index is 5.41. The van der Waals surface area contributed by atoms with Crippen molar-refractivity contribution in [2.45, 2.75) is 6.54 Å². The smallest absolute Gasteiger partial charge is 0.231 e. The number of ether oxygens (including phenoxy) is 2. The van der Waals surface area contributed by atoms with Crippen LogP contribution in [0.15, 0.2) is 54.7 Å². The van der Waals surface area contributed by atoms with Gasteiger partial charge in [-0.2, -0.15) is 4.98 Å². The molecule has 27 heavy (non-hydrogen) atoms. The highest BCUT2D eigenvalue weighted by Crippen LogP contribution is 2.32. The van der Waals surface area contributed by atoms with Crippen LogP contribution in [0.1, 0.15) is 5.56 Å². The summed E-state index contributed by atoms with van der Waals surface area (Å²) < 4.78 is 10.7. The lowest BCUT2D eigenvalue weighted by atomic mass is 10.2. The van der Waals surface area contributed by atoms with E-state index in [0.717, 1.165) is 34.3 Å². The fourth-order valence-electron chi connectivity index (χ4n) is 2.73. The molecule has 1 aliphatic rings. The molecule has 1 aromatic heterocycles. The van der Waals surface area contributed by atoms with Gasteiger partial charge in [-0.1, -0.05) is 6.07 Å². The monoisotopic (exact) mass is 363 g/mol. The maximum atomic E-state index is 5.41. The van der Waals surface area contributed by atoms with Crippen molar-refractivity contribution >= 4 is 23.1 Å². The zero-order valence-electron chi connectivity index (χ0n) is 15.3. The van der Waals surface area contributed by atoms with E-state index in [1.807, 2.05) is 62.6 Å². The third-order valence-corrected chi connectivity index (χ3v) is 4.21. The molecule has 0 unspecified atom stereocenters. The predicted molar refractivity (Wildman–Crippen MR) is 106 cm³/mol. The molecule has 2 heterocycles. The van der Waals surface area contributed by atoms with Crippen molar-refractivity contribution in [2.24, 2.45) is 0 Å². The number of hydrogen-bond acceptors (Lipinski definition) is 7. The summed E-state index contributed by atoms with van der Waals surface area (Å²) in [6.07, 6.45) is 1.73. The molecule has 3 aromatic rings. The van der Waals surface area contributed by atoms with E-state index < -0.39 is 0 Å². The van der Waals surface area contributed by atoms with E-state index in [-0.39, 0.29) is 6.79 Å². The average Bonchev–Trinajstić information content (AvgIpc) is 3.15. The molecular formula is C20H21N5O2. The number of rotatable bonds is 6. The fraction of sp³-hybridized carbons (Fsp3) is 0.200. The molecule has 4 rings (SSSR count). The summed E-state index contributed by atoms with van der Waals surface area (Å²) in [7, 11) is 4.03. The van der Waals surface area contributed by atoms with Crippen molar-refractivity contribution in [2.75, 3.05) is 36.4 Å². The summed E-state index contributed by atoms with van der Waals surface area (Å²) in [6, 6.07) is 15.8. The average molecular weight is 363 g/mol. The number of anilines is 4. The molecule has 0 spiro atoms. The molecule has 1 aliphatic heterocycles. The lowest BCUT2D eigenvalue weighted by Gasteiger charge is -2.13. The van der Waals surface area contributed by atoms with Crippen molar-refractivity contribution in [1.82, 2.24) is 9.97 Å². The van der Waals surface area contributed by atoms with Gasteiger partial charge in [0.15, 0.2) is 11.5 Å². The van der Waals surface area contributed by atoms with E-state index in [1.165, 1.54) is 0 Å². The van der Waals surface area contributed by atoms with Gasteiger partial charge in [-0.15, -0.1) is 0 Å². The number of nitrogens with zero attached hydrogens (tertiary/aromatic N) is 3. The summed E-state index contributed by atoms with van der Waals surface area (Å²) in [4.78, 5) is 10.9. The number of aromatic nitrogens is 2. The van der Waals surface area contributed by atoms with E-state index in [2.05, 4.69) is 25.5 Å². The summed E-state index contributed by atoms with van der Waals surface area (Å²) in [6.45, 7) is 0.910. The molecule has 2 N–H and O–H groups in total. The SMILES string of the molecule is CN(C)c1ccc(Nc2nccc(NCc3ccc4c(c3)OCO4)n2)cc1. The van der Waals surface area contributed by atoms with E-state index in [0.29, 0.717) is 12.5 Å². The van der Waals surface area contributed by atoms with E-state index in [9.17, 15) is 0 Å². The maximum Gasteiger partial charge on any atom is 0.231 e. The highest BCUT2D eigenvalue weighted by Gasteiger charge is 2.13. The van der Waals surface area contributed by atoms with Gasteiger partial charge in [0, 0.05) is 38.2 Å². The third-order valence-electron chi connectivity index (χ3n) is 4.21. The van der Waals surface area contributed by atoms with Gasteiger partial charge in [-0.3, -0.25) is 0 Å². The van der Waals surface area contributed by atoms with Crippen molar-refractivity contribution in [3.05, 3.63) is 60.3 Å². The second-order valence-corrected chi connectivity index (χ2v) is 6.37. The lowest BCUT2D eigenvalue weighted by Crippen LogP contribution is -2.08. The topological polar surface area (TPSA) is 71.5 Å². The Morgan fingerprint density at radius 3 is 2.63 bits per heavy atom. The minimum absolute atomic E-state index is 0.280. The normalized spacial score (nSPS) is 11.9. The highest BCUT2D eigenvalue weighted by molar-refractivity contribution is 5.59. The minimum Gasteiger partial charge on any atom is -0.454 e. The Balaban J connectivity index is 1.40. The molecule has 0 saturated heterocycles. The second-order valence-electron chi connectivity index (χ2n) is 6.37. The summed E-state index contributed by atoms with van der Waals surface area (Å²) in [5.74, 6) is 2.85. The van der Waals surface area contributed by atoms with Crippen molar-refractivity contribution < 1.29 is 9.47 Å². The first-order valence-electron chi connectivity index (χ1n) is 8.67. The number of nitrogens with one attached hydrogen (secondary N) is 2. The quantitative estimate of drug-likeness (QED) is 0.693.